The summed E-state index contributed by atoms with van der Waals surface area (Å²) in [5.41, 5.74) is 2.19. The van der Waals surface area contributed by atoms with E-state index in [0.29, 0.717) is 16.9 Å². The zero-order chi connectivity index (χ0) is 27.4. The number of nitrogens with one attached hydrogen (secondary N) is 1. The number of aryl methyl sites for hydroxylation is 2. The van der Waals surface area contributed by atoms with Crippen LogP contribution in [0.2, 0.25) is 0 Å². The van der Waals surface area contributed by atoms with Crippen molar-refractivity contribution in [2.45, 2.75) is 38.1 Å². The third kappa shape index (κ3) is 5.92. The second kappa shape index (κ2) is 11.2. The number of carbonyl (C=O) groups is 2. The van der Waals surface area contributed by atoms with E-state index in [1.165, 1.54) is 17.0 Å². The predicted molar refractivity (Wildman–Crippen MR) is 142 cm³/mol. The second-order valence-corrected chi connectivity index (χ2v) is 10.0. The van der Waals surface area contributed by atoms with Gasteiger partial charge in [-0.05, 0) is 66.8 Å². The zero-order valence-corrected chi connectivity index (χ0v) is 21.5. The van der Waals surface area contributed by atoms with Gasteiger partial charge in [0.2, 0.25) is 5.91 Å². The van der Waals surface area contributed by atoms with Crippen LogP contribution in [0.4, 0.5) is 24.5 Å². The highest BCUT2D eigenvalue weighted by Crippen LogP contribution is 2.42. The maximum atomic E-state index is 13.6. The molecule has 0 radical (unpaired) electrons. The van der Waals surface area contributed by atoms with Gasteiger partial charge < -0.3 is 5.32 Å². The molecule has 1 N–H and O–H groups in total. The Kier molecular flexibility index (Phi) is 7.93. The SMILES string of the molecule is CCc1ccc(N2C(=O)C(Cc3cccc(C(F)(F)F)c3)S/C2=C(/C#N)C(=O)Nc2cccc(C)c2)cc1. The van der Waals surface area contributed by atoms with Crippen molar-refractivity contribution in [3.63, 3.8) is 0 Å². The van der Waals surface area contributed by atoms with Gasteiger partial charge in [0.05, 0.1) is 10.8 Å². The molecule has 3 aromatic rings. The molecule has 0 aliphatic carbocycles. The minimum Gasteiger partial charge on any atom is -0.321 e. The number of nitriles is 1. The van der Waals surface area contributed by atoms with Gasteiger partial charge in [-0.3, -0.25) is 14.5 Å². The number of amides is 2. The van der Waals surface area contributed by atoms with Gasteiger partial charge in [-0.1, -0.05) is 61.2 Å². The number of rotatable bonds is 6. The van der Waals surface area contributed by atoms with Crippen molar-refractivity contribution >= 4 is 35.0 Å². The molecule has 1 aliphatic rings. The van der Waals surface area contributed by atoms with Crippen molar-refractivity contribution in [1.82, 2.24) is 0 Å². The summed E-state index contributed by atoms with van der Waals surface area (Å²) in [6, 6.07) is 21.0. The van der Waals surface area contributed by atoms with Gasteiger partial charge in [-0.15, -0.1) is 0 Å². The molecule has 0 saturated carbocycles. The summed E-state index contributed by atoms with van der Waals surface area (Å²) in [4.78, 5) is 28.1. The summed E-state index contributed by atoms with van der Waals surface area (Å²) in [7, 11) is 0. The maximum absolute atomic E-state index is 13.6. The number of carbonyl (C=O) groups excluding carboxylic acids is 2. The molecule has 1 fully saturated rings. The van der Waals surface area contributed by atoms with Gasteiger partial charge in [0.15, 0.2) is 0 Å². The fraction of sp³-hybridized carbons (Fsp3) is 0.207. The molecular formula is C29H24F3N3O2S. The van der Waals surface area contributed by atoms with E-state index in [2.05, 4.69) is 5.32 Å². The molecule has 0 spiro atoms. The molecule has 1 atom stereocenters. The Morgan fingerprint density at radius 2 is 1.76 bits per heavy atom. The van der Waals surface area contributed by atoms with E-state index in [1.807, 2.05) is 38.1 Å². The normalized spacial score (nSPS) is 16.8. The Balaban J connectivity index is 1.73. The highest BCUT2D eigenvalue weighted by molar-refractivity contribution is 8.05. The van der Waals surface area contributed by atoms with Crippen molar-refractivity contribution in [1.29, 1.82) is 5.26 Å². The molecule has 0 aromatic heterocycles. The Bertz CT molecular complexity index is 1440. The molecular weight excluding hydrogens is 511 g/mol. The average molecular weight is 536 g/mol. The molecule has 1 heterocycles. The first-order valence-electron chi connectivity index (χ1n) is 11.9. The van der Waals surface area contributed by atoms with Gasteiger partial charge >= 0.3 is 6.18 Å². The molecule has 1 unspecified atom stereocenters. The van der Waals surface area contributed by atoms with Gasteiger partial charge in [0.1, 0.15) is 16.7 Å². The van der Waals surface area contributed by atoms with E-state index in [1.54, 1.807) is 30.3 Å². The van der Waals surface area contributed by atoms with Crippen LogP contribution in [0.15, 0.2) is 83.4 Å². The summed E-state index contributed by atoms with van der Waals surface area (Å²) in [6.45, 7) is 3.86. The minimum absolute atomic E-state index is 0.00132. The molecule has 9 heteroatoms. The second-order valence-electron chi connectivity index (χ2n) is 8.82. The number of thioether (sulfide) groups is 1. The molecule has 3 aromatic carbocycles. The largest absolute Gasteiger partial charge is 0.416 e. The fourth-order valence-electron chi connectivity index (χ4n) is 4.11. The lowest BCUT2D eigenvalue weighted by Gasteiger charge is -2.19. The summed E-state index contributed by atoms with van der Waals surface area (Å²) in [5.74, 6) is -1.09. The summed E-state index contributed by atoms with van der Waals surface area (Å²) >= 11 is 1.01. The highest BCUT2D eigenvalue weighted by Gasteiger charge is 2.41. The first-order valence-corrected chi connectivity index (χ1v) is 12.8. The van der Waals surface area contributed by atoms with Crippen LogP contribution < -0.4 is 10.2 Å². The number of alkyl halides is 3. The van der Waals surface area contributed by atoms with Crippen molar-refractivity contribution < 1.29 is 22.8 Å². The minimum atomic E-state index is -4.51. The molecule has 2 amide bonds. The van der Waals surface area contributed by atoms with E-state index in [-0.39, 0.29) is 17.0 Å². The third-order valence-corrected chi connectivity index (χ3v) is 7.32. The number of benzene rings is 3. The quantitative estimate of drug-likeness (QED) is 0.284. The fourth-order valence-corrected chi connectivity index (χ4v) is 5.42. The van der Waals surface area contributed by atoms with Gasteiger partial charge in [0, 0.05) is 11.4 Å². The molecule has 194 valence electrons. The molecule has 1 saturated heterocycles. The molecule has 1 aliphatic heterocycles. The maximum Gasteiger partial charge on any atom is 0.416 e. The zero-order valence-electron chi connectivity index (χ0n) is 20.7. The van der Waals surface area contributed by atoms with Crippen LogP contribution in [0.1, 0.15) is 29.2 Å². The smallest absolute Gasteiger partial charge is 0.321 e. The number of hydrogen-bond donors (Lipinski definition) is 1. The number of hydrogen-bond acceptors (Lipinski definition) is 4. The summed E-state index contributed by atoms with van der Waals surface area (Å²) in [5, 5.41) is 12.0. The molecule has 0 bridgehead atoms. The number of anilines is 2. The first-order chi connectivity index (χ1) is 18.1. The van der Waals surface area contributed by atoms with Crippen molar-refractivity contribution in [2.75, 3.05) is 10.2 Å². The van der Waals surface area contributed by atoms with Crippen LogP contribution in [0.3, 0.4) is 0 Å². The molecule has 38 heavy (non-hydrogen) atoms. The van der Waals surface area contributed by atoms with Gasteiger partial charge in [0.25, 0.3) is 5.91 Å². The summed E-state index contributed by atoms with van der Waals surface area (Å²) in [6.07, 6.45) is -3.73. The van der Waals surface area contributed by atoms with Crippen LogP contribution in [-0.4, -0.2) is 17.1 Å². The Morgan fingerprint density at radius 3 is 2.39 bits per heavy atom. The highest BCUT2D eigenvalue weighted by atomic mass is 32.2. The monoisotopic (exact) mass is 535 g/mol. The Hall–Kier alpha value is -4.03. The lowest BCUT2D eigenvalue weighted by molar-refractivity contribution is -0.137. The van der Waals surface area contributed by atoms with E-state index in [4.69, 9.17) is 0 Å². The van der Waals surface area contributed by atoms with E-state index in [0.717, 1.165) is 41.4 Å². The van der Waals surface area contributed by atoms with Crippen LogP contribution in [0.25, 0.3) is 0 Å². The van der Waals surface area contributed by atoms with E-state index >= 15 is 0 Å². The standard InChI is InChI=1S/C29H24F3N3O2S/c1-3-19-10-12-23(13-11-19)35-27(37)25(16-20-7-5-8-21(15-20)29(30,31)32)38-28(35)24(17-33)26(36)34-22-9-4-6-18(2)14-22/h4-15,25H,3,16H2,1-2H3,(H,34,36)/b28-24-. The van der Waals surface area contributed by atoms with Crippen molar-refractivity contribution in [3.05, 3.63) is 106 Å². The first kappa shape index (κ1) is 27.0. The van der Waals surface area contributed by atoms with Gasteiger partial charge in [-0.25, -0.2) is 0 Å². The van der Waals surface area contributed by atoms with E-state index < -0.39 is 28.8 Å². The summed E-state index contributed by atoms with van der Waals surface area (Å²) < 4.78 is 39.7. The van der Waals surface area contributed by atoms with Gasteiger partial charge in [-0.2, -0.15) is 18.4 Å². The third-order valence-electron chi connectivity index (χ3n) is 6.06. The van der Waals surface area contributed by atoms with Crippen molar-refractivity contribution in [3.8, 4) is 6.07 Å². The average Bonchev–Trinajstić information content (AvgIpc) is 3.19. The van der Waals surface area contributed by atoms with Crippen LogP contribution in [0.5, 0.6) is 0 Å². The topological polar surface area (TPSA) is 73.2 Å². The molecule has 5 nitrogen and oxygen atoms in total. The lowest BCUT2D eigenvalue weighted by atomic mass is 10.0. The molecule has 4 rings (SSSR count). The van der Waals surface area contributed by atoms with E-state index in [9.17, 15) is 28.0 Å². The lowest BCUT2D eigenvalue weighted by Crippen LogP contribution is -2.31. The van der Waals surface area contributed by atoms with Crippen molar-refractivity contribution in [2.24, 2.45) is 0 Å². The number of nitrogens with zero attached hydrogens (tertiary/aromatic N) is 2. The Labute approximate surface area is 223 Å². The van der Waals surface area contributed by atoms with Crippen LogP contribution in [0, 0.1) is 18.3 Å². The Morgan fingerprint density at radius 1 is 1.05 bits per heavy atom. The number of halogens is 3. The van der Waals surface area contributed by atoms with Crippen LogP contribution in [-0.2, 0) is 28.6 Å². The predicted octanol–water partition coefficient (Wildman–Crippen LogP) is 6.64. The van der Waals surface area contributed by atoms with Crippen LogP contribution >= 0.6 is 11.8 Å².